The topological polar surface area (TPSA) is 70.6 Å². The molecule has 1 amide bonds. The molecule has 3 rings (SSSR count). The van der Waals surface area contributed by atoms with Crippen molar-refractivity contribution in [3.63, 3.8) is 0 Å². The van der Waals surface area contributed by atoms with Crippen LogP contribution in [0, 0.1) is 5.92 Å². The third kappa shape index (κ3) is 2.64. The van der Waals surface area contributed by atoms with E-state index in [2.05, 4.69) is 10.6 Å². The smallest absolute Gasteiger partial charge is 0.227 e. The molecular formula is C15H20N2O3. The number of para-hydroxylation sites is 1. The Hall–Kier alpha value is -1.59. The number of fused-ring (bicyclic) bond motifs is 1. The fourth-order valence-corrected chi connectivity index (χ4v) is 2.90. The molecular weight excluding hydrogens is 256 g/mol. The summed E-state index contributed by atoms with van der Waals surface area (Å²) < 4.78 is 5.57. The summed E-state index contributed by atoms with van der Waals surface area (Å²) in [6.07, 6.45) is 0.339. The second kappa shape index (κ2) is 5.81. The summed E-state index contributed by atoms with van der Waals surface area (Å²) in [4.78, 5) is 12.4. The maximum absolute atomic E-state index is 12.4. The van der Waals surface area contributed by atoms with E-state index in [0.717, 1.165) is 17.9 Å². The number of benzene rings is 1. The molecule has 5 nitrogen and oxygen atoms in total. The summed E-state index contributed by atoms with van der Waals surface area (Å²) in [5, 5.41) is 15.8. The summed E-state index contributed by atoms with van der Waals surface area (Å²) in [7, 11) is 0. The minimum absolute atomic E-state index is 0.0276. The van der Waals surface area contributed by atoms with Gasteiger partial charge < -0.3 is 20.5 Å². The first-order chi connectivity index (χ1) is 9.75. The van der Waals surface area contributed by atoms with E-state index < -0.39 is 0 Å². The molecule has 2 heterocycles. The van der Waals surface area contributed by atoms with Gasteiger partial charge in [0.05, 0.1) is 18.6 Å². The van der Waals surface area contributed by atoms with E-state index in [0.29, 0.717) is 26.1 Å². The van der Waals surface area contributed by atoms with Gasteiger partial charge in [-0.3, -0.25) is 4.79 Å². The predicted octanol–water partition coefficient (Wildman–Crippen LogP) is 0.249. The molecule has 0 bridgehead atoms. The van der Waals surface area contributed by atoms with Crippen molar-refractivity contribution in [3.8, 4) is 5.75 Å². The quantitative estimate of drug-likeness (QED) is 0.740. The molecule has 1 aromatic rings. The minimum atomic E-state index is -0.364. The highest BCUT2D eigenvalue weighted by atomic mass is 16.5. The molecule has 3 N–H and O–H groups in total. The summed E-state index contributed by atoms with van der Waals surface area (Å²) in [5.41, 5.74) is 0.960. The average molecular weight is 276 g/mol. The summed E-state index contributed by atoms with van der Waals surface area (Å²) in [5.74, 6) is 0.793. The number of ether oxygens (including phenoxy) is 1. The molecule has 1 fully saturated rings. The number of hydrogen-bond donors (Lipinski definition) is 3. The standard InChI is InChI=1S/C15H20N2O3/c18-13-9-16-7-10(13)8-17-15(19)12-5-6-20-14-4-2-1-3-11(12)14/h1-4,10,12-13,16,18H,5-9H2,(H,17,19). The monoisotopic (exact) mass is 276 g/mol. The van der Waals surface area contributed by atoms with Crippen molar-refractivity contribution in [2.75, 3.05) is 26.2 Å². The Morgan fingerprint density at radius 1 is 1.40 bits per heavy atom. The Balaban J connectivity index is 1.63. The van der Waals surface area contributed by atoms with Crippen LogP contribution in [0.4, 0.5) is 0 Å². The van der Waals surface area contributed by atoms with Crippen LogP contribution < -0.4 is 15.4 Å². The van der Waals surface area contributed by atoms with Gasteiger partial charge in [0.2, 0.25) is 5.91 Å². The lowest BCUT2D eigenvalue weighted by Gasteiger charge is -2.25. The number of aliphatic hydroxyl groups excluding tert-OH is 1. The van der Waals surface area contributed by atoms with E-state index in [1.54, 1.807) is 0 Å². The van der Waals surface area contributed by atoms with Crippen LogP contribution in [0.2, 0.25) is 0 Å². The molecule has 20 heavy (non-hydrogen) atoms. The van der Waals surface area contributed by atoms with E-state index in [9.17, 15) is 9.90 Å². The number of hydrogen-bond acceptors (Lipinski definition) is 4. The maximum Gasteiger partial charge on any atom is 0.227 e. The molecule has 0 radical (unpaired) electrons. The van der Waals surface area contributed by atoms with Crippen molar-refractivity contribution in [2.24, 2.45) is 5.92 Å². The van der Waals surface area contributed by atoms with Crippen molar-refractivity contribution in [2.45, 2.75) is 18.4 Å². The van der Waals surface area contributed by atoms with Crippen LogP contribution in [-0.2, 0) is 4.79 Å². The number of amides is 1. The zero-order chi connectivity index (χ0) is 13.9. The second-order valence-electron chi connectivity index (χ2n) is 5.46. The molecule has 3 atom stereocenters. The summed E-state index contributed by atoms with van der Waals surface area (Å²) in [6, 6.07) is 7.70. The van der Waals surface area contributed by atoms with E-state index in [-0.39, 0.29) is 23.8 Å². The molecule has 2 aliphatic rings. The first-order valence-corrected chi connectivity index (χ1v) is 7.14. The lowest BCUT2D eigenvalue weighted by atomic mass is 9.92. The first-order valence-electron chi connectivity index (χ1n) is 7.14. The van der Waals surface area contributed by atoms with Crippen molar-refractivity contribution in [3.05, 3.63) is 29.8 Å². The van der Waals surface area contributed by atoms with Gasteiger partial charge in [-0.05, 0) is 12.5 Å². The Bertz CT molecular complexity index is 492. The number of aliphatic hydroxyl groups is 1. The Morgan fingerprint density at radius 2 is 2.25 bits per heavy atom. The highest BCUT2D eigenvalue weighted by Gasteiger charge is 2.29. The van der Waals surface area contributed by atoms with Gasteiger partial charge in [-0.25, -0.2) is 0 Å². The lowest BCUT2D eigenvalue weighted by Crippen LogP contribution is -2.38. The van der Waals surface area contributed by atoms with Crippen LogP contribution in [0.3, 0.4) is 0 Å². The number of carbonyl (C=O) groups excluding carboxylic acids is 1. The summed E-state index contributed by atoms with van der Waals surface area (Å²) >= 11 is 0. The zero-order valence-electron chi connectivity index (χ0n) is 11.3. The fraction of sp³-hybridized carbons (Fsp3) is 0.533. The van der Waals surface area contributed by atoms with Crippen LogP contribution in [0.5, 0.6) is 5.75 Å². The first kappa shape index (κ1) is 13.4. The molecule has 1 aromatic carbocycles. The van der Waals surface area contributed by atoms with E-state index >= 15 is 0 Å². The molecule has 0 saturated carbocycles. The summed E-state index contributed by atoms with van der Waals surface area (Å²) in [6.45, 7) is 2.46. The normalized spacial score (nSPS) is 28.6. The van der Waals surface area contributed by atoms with Gasteiger partial charge in [0.25, 0.3) is 0 Å². The van der Waals surface area contributed by atoms with Gasteiger partial charge >= 0.3 is 0 Å². The fourth-order valence-electron chi connectivity index (χ4n) is 2.90. The molecule has 0 aliphatic carbocycles. The molecule has 108 valence electrons. The maximum atomic E-state index is 12.4. The molecule has 3 unspecified atom stereocenters. The third-order valence-electron chi connectivity index (χ3n) is 4.12. The second-order valence-corrected chi connectivity index (χ2v) is 5.46. The van der Waals surface area contributed by atoms with Crippen LogP contribution in [0.25, 0.3) is 0 Å². The van der Waals surface area contributed by atoms with Crippen molar-refractivity contribution in [1.82, 2.24) is 10.6 Å². The van der Waals surface area contributed by atoms with Crippen LogP contribution in [-0.4, -0.2) is 43.4 Å². The van der Waals surface area contributed by atoms with Gasteiger partial charge in [-0.1, -0.05) is 18.2 Å². The highest BCUT2D eigenvalue weighted by Crippen LogP contribution is 2.33. The highest BCUT2D eigenvalue weighted by molar-refractivity contribution is 5.84. The number of rotatable bonds is 3. The van der Waals surface area contributed by atoms with Gasteiger partial charge in [0.1, 0.15) is 5.75 Å². The van der Waals surface area contributed by atoms with Crippen molar-refractivity contribution in [1.29, 1.82) is 0 Å². The Labute approximate surface area is 118 Å². The lowest BCUT2D eigenvalue weighted by molar-refractivity contribution is -0.123. The predicted molar refractivity (Wildman–Crippen MR) is 74.7 cm³/mol. The zero-order valence-corrected chi connectivity index (χ0v) is 11.3. The average Bonchev–Trinajstić information content (AvgIpc) is 2.89. The third-order valence-corrected chi connectivity index (χ3v) is 4.12. The molecule has 5 heteroatoms. The van der Waals surface area contributed by atoms with E-state index in [1.165, 1.54) is 0 Å². The van der Waals surface area contributed by atoms with Gasteiger partial charge in [0.15, 0.2) is 0 Å². The minimum Gasteiger partial charge on any atom is -0.493 e. The largest absolute Gasteiger partial charge is 0.493 e. The molecule has 0 aromatic heterocycles. The number of carbonyl (C=O) groups is 1. The van der Waals surface area contributed by atoms with E-state index in [1.807, 2.05) is 24.3 Å². The van der Waals surface area contributed by atoms with Gasteiger partial charge in [-0.15, -0.1) is 0 Å². The van der Waals surface area contributed by atoms with E-state index in [4.69, 9.17) is 4.74 Å². The van der Waals surface area contributed by atoms with Crippen LogP contribution in [0.15, 0.2) is 24.3 Å². The van der Waals surface area contributed by atoms with Crippen LogP contribution in [0.1, 0.15) is 17.9 Å². The number of β-amino-alcohol motifs (C(OH)–C–C–N with tert-alkyl or cyclic N) is 1. The molecule has 0 spiro atoms. The Kier molecular flexibility index (Phi) is 3.89. The van der Waals surface area contributed by atoms with Crippen molar-refractivity contribution >= 4 is 5.91 Å². The van der Waals surface area contributed by atoms with Crippen molar-refractivity contribution < 1.29 is 14.6 Å². The van der Waals surface area contributed by atoms with Gasteiger partial charge in [-0.2, -0.15) is 0 Å². The molecule has 1 saturated heterocycles. The Morgan fingerprint density at radius 3 is 3.05 bits per heavy atom. The van der Waals surface area contributed by atoms with Gasteiger partial charge in [0, 0.05) is 31.1 Å². The number of nitrogens with one attached hydrogen (secondary N) is 2. The van der Waals surface area contributed by atoms with Crippen LogP contribution >= 0.6 is 0 Å². The molecule has 2 aliphatic heterocycles. The SMILES string of the molecule is O=C(NCC1CNCC1O)C1CCOc2ccccc21.